The van der Waals surface area contributed by atoms with Crippen molar-refractivity contribution in [1.82, 2.24) is 0 Å². The number of hydrogen-bond acceptors (Lipinski definition) is 4. The van der Waals surface area contributed by atoms with Gasteiger partial charge in [0.2, 0.25) is 0 Å². The van der Waals surface area contributed by atoms with Crippen molar-refractivity contribution in [2.75, 3.05) is 5.32 Å². The number of amides is 1. The van der Waals surface area contributed by atoms with E-state index >= 15 is 0 Å². The Morgan fingerprint density at radius 3 is 2.58 bits per heavy atom. The van der Waals surface area contributed by atoms with Crippen molar-refractivity contribution < 1.29 is 14.3 Å². The molecule has 122 valence electrons. The Hall–Kier alpha value is -3.13. The van der Waals surface area contributed by atoms with E-state index in [1.807, 2.05) is 37.3 Å². The molecule has 2 aromatic rings. The fourth-order valence-electron chi connectivity index (χ4n) is 2.08. The molecule has 0 bridgehead atoms. The lowest BCUT2D eigenvalue weighted by molar-refractivity contribution is -0.152. The van der Waals surface area contributed by atoms with Crippen LogP contribution in [0.5, 0.6) is 0 Å². The zero-order chi connectivity index (χ0) is 17.5. The molecule has 0 spiro atoms. The summed E-state index contributed by atoms with van der Waals surface area (Å²) in [5.74, 6) is -0.908. The molecule has 1 amide bonds. The normalized spacial score (nSPS) is 11.2. The molecule has 2 rings (SSSR count). The van der Waals surface area contributed by atoms with Gasteiger partial charge in [0.05, 0.1) is 18.1 Å². The number of carbonyl (C=O) groups is 2. The van der Waals surface area contributed by atoms with Gasteiger partial charge in [0, 0.05) is 5.69 Å². The molecule has 1 atom stereocenters. The smallest absolute Gasteiger partial charge is 0.311 e. The highest BCUT2D eigenvalue weighted by Crippen LogP contribution is 2.11. The van der Waals surface area contributed by atoms with Crippen molar-refractivity contribution in [3.63, 3.8) is 0 Å². The zero-order valence-electron chi connectivity index (χ0n) is 13.6. The minimum absolute atomic E-state index is 0.113. The molecule has 2 aromatic carbocycles. The van der Waals surface area contributed by atoms with Crippen molar-refractivity contribution in [2.45, 2.75) is 26.4 Å². The fraction of sp³-hybridized carbons (Fsp3) is 0.211. The van der Waals surface area contributed by atoms with Crippen molar-refractivity contribution in [1.29, 1.82) is 5.26 Å². The Morgan fingerprint density at radius 1 is 1.21 bits per heavy atom. The zero-order valence-corrected chi connectivity index (χ0v) is 13.6. The molecule has 0 aliphatic carbocycles. The first kappa shape index (κ1) is 17.2. The van der Waals surface area contributed by atoms with E-state index in [4.69, 9.17) is 10.00 Å². The van der Waals surface area contributed by atoms with Crippen molar-refractivity contribution in [3.05, 3.63) is 65.2 Å². The molecule has 0 aromatic heterocycles. The van der Waals surface area contributed by atoms with Gasteiger partial charge in [-0.2, -0.15) is 5.26 Å². The molecule has 0 unspecified atom stereocenters. The minimum atomic E-state index is -0.923. The average Bonchev–Trinajstić information content (AvgIpc) is 2.57. The van der Waals surface area contributed by atoms with Crippen LogP contribution in [0.1, 0.15) is 23.6 Å². The third-order valence-corrected chi connectivity index (χ3v) is 3.41. The maximum Gasteiger partial charge on any atom is 0.311 e. The molecule has 0 saturated heterocycles. The van der Waals surface area contributed by atoms with Gasteiger partial charge in [0.15, 0.2) is 6.10 Å². The van der Waals surface area contributed by atoms with Crippen LogP contribution in [0.25, 0.3) is 0 Å². The van der Waals surface area contributed by atoms with Crippen LogP contribution in [-0.4, -0.2) is 18.0 Å². The monoisotopic (exact) mass is 322 g/mol. The van der Waals surface area contributed by atoms with Gasteiger partial charge in [-0.05, 0) is 37.6 Å². The number of nitriles is 1. The van der Waals surface area contributed by atoms with E-state index in [2.05, 4.69) is 5.32 Å². The second-order valence-corrected chi connectivity index (χ2v) is 5.48. The summed E-state index contributed by atoms with van der Waals surface area (Å²) < 4.78 is 5.16. The number of rotatable bonds is 5. The van der Waals surface area contributed by atoms with E-state index in [0.717, 1.165) is 11.1 Å². The predicted molar refractivity (Wildman–Crippen MR) is 90.2 cm³/mol. The van der Waals surface area contributed by atoms with Crippen LogP contribution in [0.4, 0.5) is 5.69 Å². The maximum atomic E-state index is 12.1. The van der Waals surface area contributed by atoms with Crippen molar-refractivity contribution in [2.24, 2.45) is 0 Å². The van der Waals surface area contributed by atoms with Crippen molar-refractivity contribution >= 4 is 17.6 Å². The van der Waals surface area contributed by atoms with Crippen LogP contribution in [0.3, 0.4) is 0 Å². The molecule has 24 heavy (non-hydrogen) atoms. The number of hydrogen-bond donors (Lipinski definition) is 1. The average molecular weight is 322 g/mol. The summed E-state index contributed by atoms with van der Waals surface area (Å²) in [6, 6.07) is 16.1. The molecule has 0 aliphatic rings. The van der Waals surface area contributed by atoms with Crippen LogP contribution in [0.2, 0.25) is 0 Å². The maximum absolute atomic E-state index is 12.1. The van der Waals surface area contributed by atoms with Crippen LogP contribution < -0.4 is 5.32 Å². The summed E-state index contributed by atoms with van der Waals surface area (Å²) >= 11 is 0. The van der Waals surface area contributed by atoms with Gasteiger partial charge in [-0.15, -0.1) is 0 Å². The molecular formula is C19H18N2O3. The SMILES string of the molecule is Cc1ccc(CC(=O)O[C@@H](C)C(=O)Nc2cccc(C#N)c2)cc1. The molecule has 0 aliphatic heterocycles. The first-order chi connectivity index (χ1) is 11.5. The Labute approximate surface area is 140 Å². The highest BCUT2D eigenvalue weighted by molar-refractivity contribution is 5.95. The second-order valence-electron chi connectivity index (χ2n) is 5.48. The topological polar surface area (TPSA) is 79.2 Å². The summed E-state index contributed by atoms with van der Waals surface area (Å²) in [4.78, 5) is 24.0. The Balaban J connectivity index is 1.89. The first-order valence-corrected chi connectivity index (χ1v) is 7.54. The number of esters is 1. The highest BCUT2D eigenvalue weighted by atomic mass is 16.5. The van der Waals surface area contributed by atoms with Gasteiger partial charge < -0.3 is 10.1 Å². The number of nitrogens with one attached hydrogen (secondary N) is 1. The van der Waals surface area contributed by atoms with E-state index < -0.39 is 18.0 Å². The number of aryl methyl sites for hydroxylation is 1. The van der Waals surface area contributed by atoms with Gasteiger partial charge in [-0.1, -0.05) is 35.9 Å². The summed E-state index contributed by atoms with van der Waals surface area (Å²) in [7, 11) is 0. The third-order valence-electron chi connectivity index (χ3n) is 3.41. The lowest BCUT2D eigenvalue weighted by Crippen LogP contribution is -2.30. The standard InChI is InChI=1S/C19H18N2O3/c1-13-6-8-15(9-7-13)11-18(22)24-14(2)19(23)21-17-5-3-4-16(10-17)12-20/h3-10,14H,11H2,1-2H3,(H,21,23)/t14-/m0/s1. The van der Waals surface area contributed by atoms with Crippen LogP contribution >= 0.6 is 0 Å². The van der Waals surface area contributed by atoms with E-state index in [-0.39, 0.29) is 6.42 Å². The third kappa shape index (κ3) is 4.96. The molecule has 0 fully saturated rings. The summed E-state index contributed by atoms with van der Waals surface area (Å²) in [6.07, 6.45) is -0.810. The Kier molecular flexibility index (Phi) is 5.69. The largest absolute Gasteiger partial charge is 0.452 e. The van der Waals surface area contributed by atoms with Gasteiger partial charge >= 0.3 is 5.97 Å². The van der Waals surface area contributed by atoms with Crippen LogP contribution in [0.15, 0.2) is 48.5 Å². The number of anilines is 1. The van der Waals surface area contributed by atoms with Gasteiger partial charge in [0.1, 0.15) is 0 Å². The van der Waals surface area contributed by atoms with E-state index in [1.54, 1.807) is 24.3 Å². The number of carbonyl (C=O) groups excluding carboxylic acids is 2. The molecule has 5 nitrogen and oxygen atoms in total. The fourth-order valence-corrected chi connectivity index (χ4v) is 2.08. The Morgan fingerprint density at radius 2 is 1.92 bits per heavy atom. The summed E-state index contributed by atoms with van der Waals surface area (Å²) in [5.41, 5.74) is 2.87. The predicted octanol–water partition coefficient (Wildman–Crippen LogP) is 2.98. The molecule has 0 radical (unpaired) electrons. The lowest BCUT2D eigenvalue weighted by Gasteiger charge is -2.13. The number of benzene rings is 2. The van der Waals surface area contributed by atoms with Crippen LogP contribution in [0, 0.1) is 18.3 Å². The minimum Gasteiger partial charge on any atom is -0.452 e. The molecule has 5 heteroatoms. The summed E-state index contributed by atoms with van der Waals surface area (Å²) in [6.45, 7) is 3.48. The van der Waals surface area contributed by atoms with Crippen molar-refractivity contribution in [3.8, 4) is 6.07 Å². The van der Waals surface area contributed by atoms with Gasteiger partial charge in [-0.3, -0.25) is 9.59 Å². The van der Waals surface area contributed by atoms with E-state index in [1.165, 1.54) is 6.92 Å². The number of ether oxygens (including phenoxy) is 1. The molecular weight excluding hydrogens is 304 g/mol. The first-order valence-electron chi connectivity index (χ1n) is 7.54. The Bertz CT molecular complexity index is 776. The van der Waals surface area contributed by atoms with E-state index in [0.29, 0.717) is 11.3 Å². The quantitative estimate of drug-likeness (QED) is 0.858. The summed E-state index contributed by atoms with van der Waals surface area (Å²) in [5, 5.41) is 11.5. The molecule has 1 N–H and O–H groups in total. The second kappa shape index (κ2) is 7.93. The van der Waals surface area contributed by atoms with E-state index in [9.17, 15) is 9.59 Å². The number of nitrogens with zero attached hydrogens (tertiary/aromatic N) is 1. The highest BCUT2D eigenvalue weighted by Gasteiger charge is 2.18. The van der Waals surface area contributed by atoms with Crippen LogP contribution in [-0.2, 0) is 20.7 Å². The lowest BCUT2D eigenvalue weighted by atomic mass is 10.1. The molecule has 0 heterocycles. The van der Waals surface area contributed by atoms with Gasteiger partial charge in [-0.25, -0.2) is 0 Å². The molecule has 0 saturated carbocycles. The van der Waals surface area contributed by atoms with Gasteiger partial charge in [0.25, 0.3) is 5.91 Å².